The maximum Gasteiger partial charge on any atom is 0.213 e. The van der Waals surface area contributed by atoms with Crippen LogP contribution in [0.2, 0.25) is 0 Å². The largest absolute Gasteiger partial charge is 0.464 e. The minimum atomic E-state index is -0.220. The lowest BCUT2D eigenvalue weighted by Crippen LogP contribution is -2.33. The number of ether oxygens (including phenoxy) is 1. The maximum atomic E-state index is 6.43. The van der Waals surface area contributed by atoms with Crippen molar-refractivity contribution in [3.05, 3.63) is 99.0 Å². The van der Waals surface area contributed by atoms with E-state index in [4.69, 9.17) is 9.84 Å². The topological polar surface area (TPSA) is 24.8 Å². The summed E-state index contributed by atoms with van der Waals surface area (Å²) in [6.07, 6.45) is 0.653. The van der Waals surface area contributed by atoms with Crippen LogP contribution in [0.4, 0.5) is 0 Å². The molecule has 0 saturated heterocycles. The van der Waals surface area contributed by atoms with Gasteiger partial charge in [-0.3, -0.25) is 0 Å². The normalized spacial score (nSPS) is 20.2. The van der Waals surface area contributed by atoms with Crippen molar-refractivity contribution in [2.75, 3.05) is 0 Å². The molecule has 3 aromatic rings. The van der Waals surface area contributed by atoms with Gasteiger partial charge in [0.1, 0.15) is 5.75 Å². The van der Waals surface area contributed by atoms with E-state index in [1.54, 1.807) is 0 Å². The lowest BCUT2D eigenvalue weighted by Gasteiger charge is -2.38. The highest BCUT2D eigenvalue weighted by molar-refractivity contribution is 9.10. The number of hydrogen-bond acceptors (Lipinski definition) is 3. The van der Waals surface area contributed by atoms with Crippen LogP contribution in [0.25, 0.3) is 0 Å². The van der Waals surface area contributed by atoms with Crippen molar-refractivity contribution in [3.8, 4) is 5.75 Å². The Morgan fingerprint density at radius 2 is 1.61 bits per heavy atom. The Morgan fingerprint density at radius 1 is 0.929 bits per heavy atom. The van der Waals surface area contributed by atoms with Crippen LogP contribution in [-0.4, -0.2) is 10.7 Å². The molecule has 3 aromatic carbocycles. The number of fused-ring (bicyclic) bond motifs is 3. The van der Waals surface area contributed by atoms with Crippen molar-refractivity contribution in [3.63, 3.8) is 0 Å². The standard InChI is InChI=1S/C24H21BrN2O/c1-15-3-7-17(8-4-15)21-14-22-20-13-19(25)11-12-23(20)28-24(27(22)26-21)18-9-5-16(2)6-10-18/h3-13,22,24H,14H2,1-2H3. The van der Waals surface area contributed by atoms with Crippen LogP contribution in [-0.2, 0) is 0 Å². The molecule has 2 aliphatic rings. The first kappa shape index (κ1) is 17.5. The summed E-state index contributed by atoms with van der Waals surface area (Å²) in [5.41, 5.74) is 7.10. The quantitative estimate of drug-likeness (QED) is 0.473. The summed E-state index contributed by atoms with van der Waals surface area (Å²) < 4.78 is 7.49. The van der Waals surface area contributed by atoms with Crippen LogP contribution >= 0.6 is 15.9 Å². The molecule has 2 aliphatic heterocycles. The molecule has 140 valence electrons. The molecule has 0 fully saturated rings. The second-order valence-electron chi connectivity index (χ2n) is 7.58. The minimum Gasteiger partial charge on any atom is -0.464 e. The molecule has 2 unspecified atom stereocenters. The van der Waals surface area contributed by atoms with Gasteiger partial charge in [-0.15, -0.1) is 0 Å². The van der Waals surface area contributed by atoms with E-state index in [0.717, 1.165) is 27.9 Å². The molecule has 0 aromatic heterocycles. The van der Waals surface area contributed by atoms with Gasteiger partial charge in [0.2, 0.25) is 6.23 Å². The van der Waals surface area contributed by atoms with E-state index >= 15 is 0 Å². The number of rotatable bonds is 2. The fourth-order valence-electron chi connectivity index (χ4n) is 3.93. The molecule has 0 saturated carbocycles. The first-order valence-electron chi connectivity index (χ1n) is 9.54. The first-order chi connectivity index (χ1) is 13.6. The van der Waals surface area contributed by atoms with Crippen molar-refractivity contribution in [1.82, 2.24) is 5.01 Å². The van der Waals surface area contributed by atoms with Crippen LogP contribution in [0.5, 0.6) is 5.75 Å². The molecular formula is C24H21BrN2O. The average Bonchev–Trinajstić information content (AvgIpc) is 3.14. The first-order valence-corrected chi connectivity index (χ1v) is 10.3. The molecule has 0 amide bonds. The molecule has 28 heavy (non-hydrogen) atoms. The molecule has 0 N–H and O–H groups in total. The van der Waals surface area contributed by atoms with Gasteiger partial charge in [-0.05, 0) is 37.6 Å². The monoisotopic (exact) mass is 432 g/mol. The maximum absolute atomic E-state index is 6.43. The van der Waals surface area contributed by atoms with E-state index in [2.05, 4.69) is 95.5 Å². The average molecular weight is 433 g/mol. The Bertz CT molecular complexity index is 1060. The molecule has 2 heterocycles. The third kappa shape index (κ3) is 3.02. The predicted molar refractivity (Wildman–Crippen MR) is 116 cm³/mol. The Morgan fingerprint density at radius 3 is 2.32 bits per heavy atom. The highest BCUT2D eigenvalue weighted by Gasteiger charge is 2.41. The van der Waals surface area contributed by atoms with Crippen molar-refractivity contribution in [2.45, 2.75) is 32.5 Å². The molecule has 0 radical (unpaired) electrons. The zero-order valence-electron chi connectivity index (χ0n) is 15.9. The summed E-state index contributed by atoms with van der Waals surface area (Å²) in [5.74, 6) is 0.940. The summed E-state index contributed by atoms with van der Waals surface area (Å²) >= 11 is 3.61. The molecule has 3 nitrogen and oxygen atoms in total. The van der Waals surface area contributed by atoms with Gasteiger partial charge in [0.15, 0.2) is 0 Å². The van der Waals surface area contributed by atoms with Crippen LogP contribution < -0.4 is 4.74 Å². The van der Waals surface area contributed by atoms with Gasteiger partial charge in [0.25, 0.3) is 0 Å². The van der Waals surface area contributed by atoms with Crippen LogP contribution in [0, 0.1) is 13.8 Å². The molecule has 4 heteroatoms. The van der Waals surface area contributed by atoms with Crippen LogP contribution in [0.1, 0.15) is 46.5 Å². The molecule has 0 spiro atoms. The van der Waals surface area contributed by atoms with Gasteiger partial charge in [-0.2, -0.15) is 5.10 Å². The van der Waals surface area contributed by atoms with Crippen molar-refractivity contribution >= 4 is 21.6 Å². The summed E-state index contributed by atoms with van der Waals surface area (Å²) in [5, 5.41) is 7.16. The van der Waals surface area contributed by atoms with Gasteiger partial charge in [0, 0.05) is 22.0 Å². The summed E-state index contributed by atoms with van der Waals surface area (Å²) in [4.78, 5) is 0. The van der Waals surface area contributed by atoms with Gasteiger partial charge in [-0.25, -0.2) is 5.01 Å². The Labute approximate surface area is 173 Å². The Hall–Kier alpha value is -2.59. The van der Waals surface area contributed by atoms with Gasteiger partial charge in [-0.1, -0.05) is 75.6 Å². The summed E-state index contributed by atoms with van der Waals surface area (Å²) in [7, 11) is 0. The molecule has 5 rings (SSSR count). The number of nitrogens with zero attached hydrogens (tertiary/aromatic N) is 2. The van der Waals surface area contributed by atoms with Crippen LogP contribution in [0.3, 0.4) is 0 Å². The van der Waals surface area contributed by atoms with Gasteiger partial charge in [0.05, 0.1) is 11.8 Å². The highest BCUT2D eigenvalue weighted by Crippen LogP contribution is 2.48. The highest BCUT2D eigenvalue weighted by atomic mass is 79.9. The Balaban J connectivity index is 1.59. The SMILES string of the molecule is Cc1ccc(C2=NN3C(C2)c2cc(Br)ccc2OC3c2ccc(C)cc2)cc1. The number of hydrogen-bond donors (Lipinski definition) is 0. The molecule has 0 aliphatic carbocycles. The lowest BCUT2D eigenvalue weighted by molar-refractivity contribution is -0.0190. The zero-order chi connectivity index (χ0) is 19.3. The number of hydrazone groups is 1. The second-order valence-corrected chi connectivity index (χ2v) is 8.49. The fraction of sp³-hybridized carbons (Fsp3) is 0.208. The van der Waals surface area contributed by atoms with E-state index < -0.39 is 0 Å². The van der Waals surface area contributed by atoms with E-state index in [1.807, 2.05) is 6.07 Å². The molecule has 2 atom stereocenters. The zero-order valence-corrected chi connectivity index (χ0v) is 17.5. The van der Waals surface area contributed by atoms with Gasteiger partial charge >= 0.3 is 0 Å². The van der Waals surface area contributed by atoms with E-state index in [9.17, 15) is 0 Å². The van der Waals surface area contributed by atoms with Crippen molar-refractivity contribution < 1.29 is 4.74 Å². The number of aryl methyl sites for hydroxylation is 2. The van der Waals surface area contributed by atoms with Gasteiger partial charge < -0.3 is 4.74 Å². The predicted octanol–water partition coefficient (Wildman–Crippen LogP) is 6.31. The second kappa shape index (κ2) is 6.78. The smallest absolute Gasteiger partial charge is 0.213 e. The third-order valence-corrected chi connectivity index (χ3v) is 5.99. The van der Waals surface area contributed by atoms with Crippen molar-refractivity contribution in [2.24, 2.45) is 5.10 Å². The third-order valence-electron chi connectivity index (χ3n) is 5.50. The van der Waals surface area contributed by atoms with Crippen LogP contribution in [0.15, 0.2) is 76.3 Å². The Kier molecular flexibility index (Phi) is 4.24. The van der Waals surface area contributed by atoms with E-state index in [1.165, 1.54) is 22.3 Å². The molecule has 0 bridgehead atoms. The summed E-state index contributed by atoms with van der Waals surface area (Å²) in [6.45, 7) is 4.21. The molecular weight excluding hydrogens is 412 g/mol. The number of benzene rings is 3. The lowest BCUT2D eigenvalue weighted by atomic mass is 9.95. The fourth-order valence-corrected chi connectivity index (χ4v) is 4.31. The minimum absolute atomic E-state index is 0.170. The number of halogens is 1. The van der Waals surface area contributed by atoms with E-state index in [-0.39, 0.29) is 12.3 Å². The van der Waals surface area contributed by atoms with E-state index in [0.29, 0.717) is 0 Å². The summed E-state index contributed by atoms with van der Waals surface area (Å²) in [6, 6.07) is 23.6. The van der Waals surface area contributed by atoms with Crippen molar-refractivity contribution in [1.29, 1.82) is 0 Å².